The molecule has 2 N–H and O–H groups in total. The second kappa shape index (κ2) is 18.8. The molecule has 4 aromatic rings. The summed E-state index contributed by atoms with van der Waals surface area (Å²) in [5.74, 6) is 0.599. The number of carbonyl (C=O) groups is 2. The monoisotopic (exact) mass is 690 g/mol. The van der Waals surface area contributed by atoms with Crippen molar-refractivity contribution < 1.29 is 19.4 Å². The van der Waals surface area contributed by atoms with Gasteiger partial charge in [0.2, 0.25) is 11.8 Å². The number of fused-ring (bicyclic) bond motifs is 1. The summed E-state index contributed by atoms with van der Waals surface area (Å²) in [5.41, 5.74) is 3.49. The average molecular weight is 691 g/mol. The highest BCUT2D eigenvalue weighted by Crippen LogP contribution is 2.27. The van der Waals surface area contributed by atoms with E-state index in [4.69, 9.17) is 4.74 Å². The maximum atomic E-state index is 14.1. The van der Waals surface area contributed by atoms with E-state index in [1.807, 2.05) is 47.4 Å². The molecule has 3 atom stereocenters. The van der Waals surface area contributed by atoms with Gasteiger partial charge in [-0.15, -0.1) is 0 Å². The number of benzene rings is 3. The number of aliphatic hydroxyl groups excluding tert-OH is 1. The molecule has 2 aliphatic heterocycles. The summed E-state index contributed by atoms with van der Waals surface area (Å²) in [6.45, 7) is 2.63. The highest BCUT2D eigenvalue weighted by atomic mass is 16.5. The number of rotatable bonds is 16. The number of β-amino-alcohol motifs (C(OH)–C–C–N with tert-alkyl or cyclic N) is 1. The molecule has 0 spiro atoms. The Morgan fingerprint density at radius 1 is 0.824 bits per heavy atom. The maximum Gasteiger partial charge on any atom is 0.243 e. The van der Waals surface area contributed by atoms with Crippen molar-refractivity contribution in [1.82, 2.24) is 20.1 Å². The van der Waals surface area contributed by atoms with Crippen LogP contribution in [0.15, 0.2) is 97.2 Å². The van der Waals surface area contributed by atoms with Crippen LogP contribution in [0.4, 0.5) is 0 Å². The Balaban J connectivity index is 1.02. The van der Waals surface area contributed by atoms with Gasteiger partial charge in [-0.25, -0.2) is 0 Å². The Bertz CT molecular complexity index is 1620. The number of pyridine rings is 1. The Morgan fingerprint density at radius 2 is 1.55 bits per heavy atom. The van der Waals surface area contributed by atoms with Gasteiger partial charge in [0.15, 0.2) is 0 Å². The van der Waals surface area contributed by atoms with Crippen molar-refractivity contribution in [3.8, 4) is 5.75 Å². The molecule has 6 rings (SSSR count). The molecule has 2 amide bonds. The minimum Gasteiger partial charge on any atom is -0.490 e. The van der Waals surface area contributed by atoms with Gasteiger partial charge in [-0.05, 0) is 113 Å². The van der Waals surface area contributed by atoms with Crippen LogP contribution in [-0.2, 0) is 22.4 Å². The summed E-state index contributed by atoms with van der Waals surface area (Å²) < 4.78 is 6.02. The lowest BCUT2D eigenvalue weighted by Crippen LogP contribution is -2.56. The van der Waals surface area contributed by atoms with Crippen molar-refractivity contribution in [3.63, 3.8) is 0 Å². The van der Waals surface area contributed by atoms with Crippen LogP contribution in [0.1, 0.15) is 68.9 Å². The summed E-state index contributed by atoms with van der Waals surface area (Å²) in [6, 6.07) is 30.3. The number of nitrogens with zero attached hydrogens (tertiary/aromatic N) is 3. The zero-order chi connectivity index (χ0) is 35.3. The van der Waals surface area contributed by atoms with Gasteiger partial charge in [-0.1, -0.05) is 66.7 Å². The number of aromatic nitrogens is 1. The van der Waals surface area contributed by atoms with Crippen LogP contribution in [0, 0.1) is 5.92 Å². The summed E-state index contributed by atoms with van der Waals surface area (Å²) >= 11 is 0. The molecule has 8 heteroatoms. The smallest absolute Gasteiger partial charge is 0.243 e. The van der Waals surface area contributed by atoms with Gasteiger partial charge in [-0.2, -0.15) is 0 Å². The van der Waals surface area contributed by atoms with Crippen molar-refractivity contribution >= 4 is 22.7 Å². The van der Waals surface area contributed by atoms with E-state index in [-0.39, 0.29) is 30.4 Å². The lowest BCUT2D eigenvalue weighted by molar-refractivity contribution is -0.147. The van der Waals surface area contributed by atoms with Crippen LogP contribution in [0.3, 0.4) is 0 Å². The normalized spacial score (nSPS) is 18.8. The van der Waals surface area contributed by atoms with Gasteiger partial charge in [-0.3, -0.25) is 19.5 Å². The van der Waals surface area contributed by atoms with E-state index in [2.05, 4.69) is 63.7 Å². The number of aliphatic hydroxyl groups is 1. The fraction of sp³-hybridized carbons (Fsp3) is 0.465. The average Bonchev–Trinajstić information content (AvgIpc) is 3.17. The van der Waals surface area contributed by atoms with E-state index >= 15 is 0 Å². The lowest BCUT2D eigenvalue weighted by atomic mass is 9.92. The van der Waals surface area contributed by atoms with E-state index < -0.39 is 12.1 Å². The molecule has 8 nitrogen and oxygen atoms in total. The molecule has 0 bridgehead atoms. The molecule has 1 aromatic heterocycles. The predicted octanol–water partition coefficient (Wildman–Crippen LogP) is 6.60. The number of ether oxygens (including phenoxy) is 1. The molecule has 0 radical (unpaired) electrons. The molecule has 3 aromatic carbocycles. The molecule has 3 unspecified atom stereocenters. The van der Waals surface area contributed by atoms with Gasteiger partial charge in [0.05, 0.1) is 11.4 Å². The van der Waals surface area contributed by atoms with Gasteiger partial charge < -0.3 is 20.1 Å². The van der Waals surface area contributed by atoms with Gasteiger partial charge in [0, 0.05) is 37.3 Å². The number of nitrogens with one attached hydrogen (secondary N) is 1. The third-order valence-corrected chi connectivity index (χ3v) is 10.5. The van der Waals surface area contributed by atoms with Gasteiger partial charge >= 0.3 is 0 Å². The van der Waals surface area contributed by atoms with E-state index in [0.29, 0.717) is 31.8 Å². The van der Waals surface area contributed by atoms with E-state index in [0.717, 1.165) is 81.7 Å². The number of hydrogen-bond donors (Lipinski definition) is 2. The Hall–Kier alpha value is -4.27. The number of carbonyl (C=O) groups excluding carboxylic acids is 2. The molecule has 0 saturated carbocycles. The molecular weight excluding hydrogens is 636 g/mol. The van der Waals surface area contributed by atoms with E-state index in [9.17, 15) is 14.7 Å². The quantitative estimate of drug-likeness (QED) is 0.138. The van der Waals surface area contributed by atoms with Crippen molar-refractivity contribution in [2.24, 2.45) is 5.92 Å². The van der Waals surface area contributed by atoms with Crippen LogP contribution in [0.2, 0.25) is 0 Å². The number of likely N-dealkylation sites (tertiary alicyclic amines) is 2. The van der Waals surface area contributed by atoms with Crippen molar-refractivity contribution in [3.05, 3.63) is 108 Å². The minimum atomic E-state index is -0.694. The van der Waals surface area contributed by atoms with Crippen molar-refractivity contribution in [2.45, 2.75) is 88.8 Å². The molecule has 270 valence electrons. The Morgan fingerprint density at radius 3 is 2.27 bits per heavy atom. The highest BCUT2D eigenvalue weighted by Gasteiger charge is 2.37. The molecule has 3 heterocycles. The van der Waals surface area contributed by atoms with Crippen molar-refractivity contribution in [1.29, 1.82) is 0 Å². The van der Waals surface area contributed by atoms with E-state index in [1.54, 1.807) is 6.20 Å². The molecule has 0 aliphatic carbocycles. The van der Waals surface area contributed by atoms with Gasteiger partial charge in [0.25, 0.3) is 0 Å². The molecular formula is C43H54N4O4. The zero-order valence-electron chi connectivity index (χ0n) is 29.9. The third kappa shape index (κ3) is 10.6. The number of hydrogen-bond acceptors (Lipinski definition) is 6. The first kappa shape index (κ1) is 36.5. The van der Waals surface area contributed by atoms with Crippen LogP contribution >= 0.6 is 0 Å². The number of amides is 2. The second-order valence-electron chi connectivity index (χ2n) is 14.4. The summed E-state index contributed by atoms with van der Waals surface area (Å²) in [6.07, 6.45) is 11.1. The maximum absolute atomic E-state index is 14.1. The third-order valence-electron chi connectivity index (χ3n) is 10.5. The molecule has 2 fully saturated rings. The molecule has 2 saturated heterocycles. The van der Waals surface area contributed by atoms with Crippen LogP contribution in [0.5, 0.6) is 5.75 Å². The minimum absolute atomic E-state index is 0.00338. The fourth-order valence-corrected chi connectivity index (χ4v) is 7.84. The number of piperidine rings is 2. The summed E-state index contributed by atoms with van der Waals surface area (Å²) in [4.78, 5) is 36.5. The first-order chi connectivity index (χ1) is 25.0. The predicted molar refractivity (Wildman–Crippen MR) is 202 cm³/mol. The second-order valence-corrected chi connectivity index (χ2v) is 14.4. The summed E-state index contributed by atoms with van der Waals surface area (Å²) in [5, 5.41) is 15.3. The number of aryl methyl sites for hydroxylation is 2. The summed E-state index contributed by atoms with van der Waals surface area (Å²) in [7, 11) is 0. The van der Waals surface area contributed by atoms with Crippen LogP contribution < -0.4 is 10.1 Å². The molecule has 2 aliphatic rings. The van der Waals surface area contributed by atoms with Gasteiger partial charge in [0.1, 0.15) is 24.5 Å². The fourth-order valence-electron chi connectivity index (χ4n) is 7.84. The Kier molecular flexibility index (Phi) is 13.5. The highest BCUT2D eigenvalue weighted by molar-refractivity contribution is 5.89. The first-order valence-corrected chi connectivity index (χ1v) is 19.1. The van der Waals surface area contributed by atoms with Crippen LogP contribution in [-0.4, -0.2) is 82.7 Å². The van der Waals surface area contributed by atoms with Crippen molar-refractivity contribution in [2.75, 3.05) is 32.8 Å². The largest absolute Gasteiger partial charge is 0.490 e. The molecule has 51 heavy (non-hydrogen) atoms. The zero-order valence-corrected chi connectivity index (χ0v) is 29.9. The standard InChI is InChI=1S/C43H54N4O4/c48-37(32-51-41-26-11-24-39-38(41)23-12-27-44-39)31-46-28-13-20-35(30-46)43(50)47-29-8-7-25-40(47)42(49)45-36(21-9-18-33-14-3-1-4-15-33)22-10-19-34-16-5-2-6-17-34/h1-6,11-12,14-17,23-24,26-27,35-37,40,48H,7-10,13,18-22,25,28-32H2,(H,45,49). The first-order valence-electron chi connectivity index (χ1n) is 19.1. The lowest BCUT2D eigenvalue weighted by Gasteiger charge is -2.40. The van der Waals surface area contributed by atoms with E-state index in [1.165, 1.54) is 11.1 Å². The van der Waals surface area contributed by atoms with Crippen LogP contribution in [0.25, 0.3) is 10.9 Å². The Labute approximate surface area is 303 Å². The SMILES string of the molecule is O=C(NC(CCCc1ccccc1)CCCc1ccccc1)C1CCCCN1C(=O)C1CCCN(CC(O)COc2cccc3ncccc23)C1. The topological polar surface area (TPSA) is 95.0 Å².